The van der Waals surface area contributed by atoms with E-state index in [4.69, 9.17) is 0 Å². The summed E-state index contributed by atoms with van der Waals surface area (Å²) in [6, 6.07) is 7.05. The van der Waals surface area contributed by atoms with Crippen molar-refractivity contribution in [2.24, 2.45) is 0 Å². The zero-order valence-corrected chi connectivity index (χ0v) is 10.7. The predicted octanol–water partition coefficient (Wildman–Crippen LogP) is 3.52. The van der Waals surface area contributed by atoms with E-state index in [0.717, 1.165) is 22.9 Å². The predicted molar refractivity (Wildman–Crippen MR) is 71.4 cm³/mol. The Bertz CT molecular complexity index is 765. The molecule has 0 aliphatic rings. The minimum Gasteiger partial charge on any atom is -0.264 e. The molecular weight excluding hydrogens is 260 g/mol. The van der Waals surface area contributed by atoms with Gasteiger partial charge in [0.1, 0.15) is 11.5 Å². The highest BCUT2D eigenvalue weighted by atomic mass is 19.1. The van der Waals surface area contributed by atoms with Gasteiger partial charge < -0.3 is 0 Å². The quantitative estimate of drug-likeness (QED) is 0.714. The van der Waals surface area contributed by atoms with Gasteiger partial charge in [0.2, 0.25) is 0 Å². The van der Waals surface area contributed by atoms with Crippen LogP contribution >= 0.6 is 0 Å². The fraction of sp³-hybridized carbons (Fsp3) is 0.0667. The van der Waals surface area contributed by atoms with Gasteiger partial charge in [-0.1, -0.05) is 0 Å². The number of benzene rings is 1. The average Bonchev–Trinajstić information content (AvgIpc) is 2.88. The van der Waals surface area contributed by atoms with Gasteiger partial charge in [-0.2, -0.15) is 5.10 Å². The van der Waals surface area contributed by atoms with E-state index in [2.05, 4.69) is 10.1 Å². The van der Waals surface area contributed by atoms with Crippen molar-refractivity contribution in [1.82, 2.24) is 14.8 Å². The summed E-state index contributed by atoms with van der Waals surface area (Å²) in [4.78, 5) is 4.03. The van der Waals surface area contributed by atoms with Gasteiger partial charge in [-0.15, -0.1) is 0 Å². The molecule has 0 saturated carbocycles. The molecule has 2 aromatic heterocycles. The van der Waals surface area contributed by atoms with Crippen LogP contribution in [0.3, 0.4) is 0 Å². The Kier molecular flexibility index (Phi) is 3.02. The monoisotopic (exact) mass is 271 g/mol. The second-order valence-electron chi connectivity index (χ2n) is 4.41. The molecule has 0 unspecified atom stereocenters. The molecule has 0 saturated heterocycles. The molecule has 5 heteroatoms. The molecule has 3 aromatic rings. The summed E-state index contributed by atoms with van der Waals surface area (Å²) < 4.78 is 28.4. The van der Waals surface area contributed by atoms with Crippen LogP contribution in [-0.4, -0.2) is 14.8 Å². The third-order valence-electron chi connectivity index (χ3n) is 3.08. The molecule has 20 heavy (non-hydrogen) atoms. The van der Waals surface area contributed by atoms with Gasteiger partial charge in [0, 0.05) is 24.0 Å². The lowest BCUT2D eigenvalue weighted by atomic mass is 10.1. The van der Waals surface area contributed by atoms with E-state index in [-0.39, 0.29) is 5.69 Å². The maximum atomic E-state index is 13.9. The van der Waals surface area contributed by atoms with Crippen molar-refractivity contribution in [3.8, 4) is 16.9 Å². The van der Waals surface area contributed by atoms with Crippen LogP contribution in [0.1, 0.15) is 5.56 Å². The molecule has 0 N–H and O–H groups in total. The van der Waals surface area contributed by atoms with Crippen molar-refractivity contribution >= 4 is 0 Å². The molecule has 0 radical (unpaired) electrons. The highest BCUT2D eigenvalue weighted by Gasteiger charge is 2.13. The summed E-state index contributed by atoms with van der Waals surface area (Å²) in [5.41, 5.74) is 2.80. The van der Waals surface area contributed by atoms with Gasteiger partial charge in [-0.25, -0.2) is 13.5 Å². The van der Waals surface area contributed by atoms with Crippen LogP contribution in [0.4, 0.5) is 8.78 Å². The first kappa shape index (κ1) is 12.5. The number of aryl methyl sites for hydroxylation is 1. The normalized spacial score (nSPS) is 10.8. The van der Waals surface area contributed by atoms with Crippen molar-refractivity contribution in [3.05, 3.63) is 66.1 Å². The molecule has 2 heterocycles. The maximum absolute atomic E-state index is 13.9. The number of pyridine rings is 1. The van der Waals surface area contributed by atoms with Gasteiger partial charge in [0.25, 0.3) is 0 Å². The van der Waals surface area contributed by atoms with Gasteiger partial charge >= 0.3 is 0 Å². The standard InChI is InChI=1S/C15H11F2N3/c1-10-9-18-6-4-12(10)14-5-7-19-20(14)15-3-2-11(16)8-13(15)17/h2-9H,1H3. The minimum atomic E-state index is -0.651. The molecule has 3 nitrogen and oxygen atoms in total. The Hall–Kier alpha value is -2.56. The first-order chi connectivity index (χ1) is 9.66. The van der Waals surface area contributed by atoms with E-state index in [1.54, 1.807) is 24.7 Å². The minimum absolute atomic E-state index is 0.211. The smallest absolute Gasteiger partial charge is 0.151 e. The van der Waals surface area contributed by atoms with Crippen molar-refractivity contribution in [1.29, 1.82) is 0 Å². The molecule has 0 spiro atoms. The van der Waals surface area contributed by atoms with Crippen LogP contribution in [0.15, 0.2) is 48.9 Å². The zero-order chi connectivity index (χ0) is 14.1. The summed E-state index contributed by atoms with van der Waals surface area (Å²) in [6.45, 7) is 1.92. The fourth-order valence-electron chi connectivity index (χ4n) is 2.11. The lowest BCUT2D eigenvalue weighted by molar-refractivity contribution is 0.574. The molecule has 100 valence electrons. The van der Waals surface area contributed by atoms with E-state index in [1.165, 1.54) is 16.8 Å². The second kappa shape index (κ2) is 4.85. The third kappa shape index (κ3) is 2.07. The van der Waals surface area contributed by atoms with E-state index in [9.17, 15) is 8.78 Å². The van der Waals surface area contributed by atoms with Crippen LogP contribution in [0.25, 0.3) is 16.9 Å². The number of nitrogens with zero attached hydrogens (tertiary/aromatic N) is 3. The SMILES string of the molecule is Cc1cnccc1-c1ccnn1-c1ccc(F)cc1F. The van der Waals surface area contributed by atoms with E-state index in [0.29, 0.717) is 0 Å². The van der Waals surface area contributed by atoms with Crippen molar-refractivity contribution in [2.75, 3.05) is 0 Å². The third-order valence-corrected chi connectivity index (χ3v) is 3.08. The fourth-order valence-corrected chi connectivity index (χ4v) is 2.11. The lowest BCUT2D eigenvalue weighted by Crippen LogP contribution is -2.03. The molecular formula is C15H11F2N3. The molecule has 0 aliphatic carbocycles. The van der Waals surface area contributed by atoms with Crippen molar-refractivity contribution in [2.45, 2.75) is 6.92 Å². The first-order valence-electron chi connectivity index (χ1n) is 6.07. The first-order valence-corrected chi connectivity index (χ1v) is 6.07. The Morgan fingerprint density at radius 2 is 1.90 bits per heavy atom. The van der Waals surface area contributed by atoms with Crippen LogP contribution in [-0.2, 0) is 0 Å². The van der Waals surface area contributed by atoms with E-state index < -0.39 is 11.6 Å². The van der Waals surface area contributed by atoms with Crippen LogP contribution in [0.5, 0.6) is 0 Å². The van der Waals surface area contributed by atoms with Crippen LogP contribution in [0.2, 0.25) is 0 Å². The topological polar surface area (TPSA) is 30.7 Å². The Morgan fingerprint density at radius 3 is 2.65 bits per heavy atom. The summed E-state index contributed by atoms with van der Waals surface area (Å²) >= 11 is 0. The molecule has 0 amide bonds. The van der Waals surface area contributed by atoms with Crippen LogP contribution in [0, 0.1) is 18.6 Å². The molecule has 0 bridgehead atoms. The molecule has 0 aliphatic heterocycles. The van der Waals surface area contributed by atoms with Gasteiger partial charge in [0.15, 0.2) is 5.82 Å². The average molecular weight is 271 g/mol. The largest absolute Gasteiger partial charge is 0.264 e. The summed E-state index contributed by atoms with van der Waals surface area (Å²) in [5.74, 6) is -1.26. The molecule has 1 aromatic carbocycles. The van der Waals surface area contributed by atoms with Gasteiger partial charge in [-0.05, 0) is 36.8 Å². The number of hydrogen-bond acceptors (Lipinski definition) is 2. The Morgan fingerprint density at radius 1 is 1.05 bits per heavy atom. The number of halogens is 2. The second-order valence-corrected chi connectivity index (χ2v) is 4.41. The Labute approximate surface area is 114 Å². The maximum Gasteiger partial charge on any atom is 0.151 e. The molecule has 0 atom stereocenters. The highest BCUT2D eigenvalue weighted by molar-refractivity contribution is 5.64. The van der Waals surface area contributed by atoms with E-state index >= 15 is 0 Å². The summed E-state index contributed by atoms with van der Waals surface area (Å²) in [6.07, 6.45) is 4.98. The highest BCUT2D eigenvalue weighted by Crippen LogP contribution is 2.26. The molecule has 3 rings (SSSR count). The Balaban J connectivity index is 2.18. The van der Waals surface area contributed by atoms with Crippen molar-refractivity contribution in [3.63, 3.8) is 0 Å². The van der Waals surface area contributed by atoms with Crippen LogP contribution < -0.4 is 0 Å². The number of rotatable bonds is 2. The molecule has 0 fully saturated rings. The summed E-state index contributed by atoms with van der Waals surface area (Å²) in [7, 11) is 0. The lowest BCUT2D eigenvalue weighted by Gasteiger charge is -2.10. The van der Waals surface area contributed by atoms with Gasteiger partial charge in [0.05, 0.1) is 11.9 Å². The van der Waals surface area contributed by atoms with Gasteiger partial charge in [-0.3, -0.25) is 4.98 Å². The summed E-state index contributed by atoms with van der Waals surface area (Å²) in [5, 5.41) is 4.13. The number of hydrogen-bond donors (Lipinski definition) is 0. The van der Waals surface area contributed by atoms with Crippen molar-refractivity contribution < 1.29 is 8.78 Å². The zero-order valence-electron chi connectivity index (χ0n) is 10.7. The van der Waals surface area contributed by atoms with E-state index in [1.807, 2.05) is 13.0 Å². The number of aromatic nitrogens is 3.